The Balaban J connectivity index is 3.09. The van der Waals surface area contributed by atoms with Gasteiger partial charge in [-0.2, -0.15) is 0 Å². The zero-order valence-corrected chi connectivity index (χ0v) is 9.33. The maximum atomic E-state index is 10.6. The van der Waals surface area contributed by atoms with Crippen LogP contribution in [0.25, 0.3) is 4.85 Å². The lowest BCUT2D eigenvalue weighted by atomic mass is 10.2. The molecule has 0 saturated heterocycles. The van der Waals surface area contributed by atoms with E-state index >= 15 is 0 Å². The summed E-state index contributed by atoms with van der Waals surface area (Å²) in [6.45, 7) is 0.810. The molecule has 0 aromatic heterocycles. The number of carbonyl (C=O) groups excluding carboxylic acids is 1. The van der Waals surface area contributed by atoms with Crippen LogP contribution in [0, 0.1) is 4.08 Å². The molecule has 0 atom stereocenters. The Kier molecular flexibility index (Phi) is 8.56. The van der Waals surface area contributed by atoms with E-state index < -0.39 is 0 Å². The average Bonchev–Trinajstić information content (AvgIpc) is 2.10. The van der Waals surface area contributed by atoms with Crippen molar-refractivity contribution in [1.82, 2.24) is 0 Å². The number of carbonyl (C=O) groups is 1. The maximum Gasteiger partial charge on any atom is 0.343 e. The molecule has 68 valence electrons. The van der Waals surface area contributed by atoms with E-state index in [2.05, 4.69) is 13.7 Å². The van der Waals surface area contributed by atoms with Crippen LogP contribution in [-0.2, 0) is 9.53 Å². The van der Waals surface area contributed by atoms with E-state index in [0.717, 1.165) is 25.8 Å². The molecule has 0 saturated carbocycles. The molecule has 0 fully saturated rings. The van der Waals surface area contributed by atoms with E-state index in [4.69, 9.17) is 0 Å². The Bertz CT molecular complexity index is 183. The first kappa shape index (κ1) is 11.7. The van der Waals surface area contributed by atoms with Gasteiger partial charge in [-0.15, -0.1) is 0 Å². The average molecular weight is 282 g/mol. The predicted octanol–water partition coefficient (Wildman–Crippen LogP) is 2.45. The second-order valence-corrected chi connectivity index (χ2v) is 2.84. The molecule has 4 heteroatoms. The maximum absolute atomic E-state index is 10.6. The number of hydrogen-bond donors (Lipinski definition) is 0. The highest BCUT2D eigenvalue weighted by Crippen LogP contribution is 2.01. The van der Waals surface area contributed by atoms with Crippen LogP contribution in [0.1, 0.15) is 25.7 Å². The molecule has 0 aliphatic carbocycles. The number of methoxy groups -OCH3 is 1. The lowest BCUT2D eigenvalue weighted by Crippen LogP contribution is -1.99. The summed E-state index contributed by atoms with van der Waals surface area (Å²) in [7, 11) is 1.41. The Labute approximate surface area is 86.4 Å². The van der Waals surface area contributed by atoms with Crippen LogP contribution in [-0.4, -0.2) is 19.6 Å². The zero-order chi connectivity index (χ0) is 9.23. The summed E-state index contributed by atoms with van der Waals surface area (Å²) in [5.41, 5.74) is 0. The smallest absolute Gasteiger partial charge is 0.343 e. The SMILES string of the molecule is COC(=O)CCCCC[N+]#CI. The molecule has 0 N–H and O–H groups in total. The van der Waals surface area contributed by atoms with Crippen LogP contribution < -0.4 is 0 Å². The molecule has 0 aliphatic heterocycles. The fourth-order valence-electron chi connectivity index (χ4n) is 0.781. The highest BCUT2D eigenvalue weighted by molar-refractivity contribution is 14.1. The van der Waals surface area contributed by atoms with E-state index in [9.17, 15) is 4.79 Å². The van der Waals surface area contributed by atoms with Gasteiger partial charge in [-0.3, -0.25) is 4.79 Å². The van der Waals surface area contributed by atoms with Crippen molar-refractivity contribution >= 4 is 28.6 Å². The molecule has 0 radical (unpaired) electrons. The van der Waals surface area contributed by atoms with Crippen molar-refractivity contribution in [2.45, 2.75) is 25.7 Å². The van der Waals surface area contributed by atoms with Gasteiger partial charge in [0.1, 0.15) is 22.6 Å². The van der Waals surface area contributed by atoms with Crippen molar-refractivity contribution in [3.63, 3.8) is 0 Å². The van der Waals surface area contributed by atoms with Crippen LogP contribution in [0.2, 0.25) is 0 Å². The molecule has 0 heterocycles. The van der Waals surface area contributed by atoms with Crippen molar-refractivity contribution in [2.24, 2.45) is 0 Å². The first-order valence-corrected chi connectivity index (χ1v) is 4.98. The van der Waals surface area contributed by atoms with E-state index in [1.807, 2.05) is 22.6 Å². The minimum atomic E-state index is -0.126. The molecule has 0 bridgehead atoms. The molecule has 0 amide bonds. The van der Waals surface area contributed by atoms with Crippen molar-refractivity contribution in [3.05, 3.63) is 4.85 Å². The highest BCUT2D eigenvalue weighted by Gasteiger charge is 1.99. The van der Waals surface area contributed by atoms with E-state index in [0.29, 0.717) is 6.42 Å². The highest BCUT2D eigenvalue weighted by atomic mass is 127. The van der Waals surface area contributed by atoms with Gasteiger partial charge in [0.05, 0.1) is 7.11 Å². The second kappa shape index (κ2) is 8.78. The van der Waals surface area contributed by atoms with Crippen LogP contribution >= 0.6 is 22.6 Å². The molecule has 0 aromatic carbocycles. The molecule has 0 aliphatic rings. The fourth-order valence-corrected chi connectivity index (χ4v) is 1.02. The van der Waals surface area contributed by atoms with Crippen LogP contribution in [0.5, 0.6) is 0 Å². The molecule has 12 heavy (non-hydrogen) atoms. The summed E-state index contributed by atoms with van der Waals surface area (Å²) in [4.78, 5) is 14.6. The quantitative estimate of drug-likeness (QED) is 0.440. The van der Waals surface area contributed by atoms with Gasteiger partial charge in [0.25, 0.3) is 6.54 Å². The summed E-state index contributed by atoms with van der Waals surface area (Å²) < 4.78 is 7.18. The number of hydrogen-bond acceptors (Lipinski definition) is 2. The minimum Gasteiger partial charge on any atom is -0.469 e. The number of halogens is 1. The molecule has 0 rings (SSSR count). The normalized spacial score (nSPS) is 8.50. The Morgan fingerprint density at radius 3 is 2.83 bits per heavy atom. The summed E-state index contributed by atoms with van der Waals surface area (Å²) in [6.07, 6.45) is 3.46. The van der Waals surface area contributed by atoms with Gasteiger partial charge in [-0.25, -0.2) is 0 Å². The van der Waals surface area contributed by atoms with Crippen molar-refractivity contribution < 1.29 is 9.53 Å². The number of nitrogens with zero attached hydrogens (tertiary/aromatic N) is 1. The number of unbranched alkanes of at least 4 members (excludes halogenated alkanes) is 2. The largest absolute Gasteiger partial charge is 0.469 e. The van der Waals surface area contributed by atoms with Crippen LogP contribution in [0.15, 0.2) is 0 Å². The molecular weight excluding hydrogens is 269 g/mol. The molecule has 3 nitrogen and oxygen atoms in total. The fraction of sp³-hybridized carbons (Fsp3) is 0.750. The second-order valence-electron chi connectivity index (χ2n) is 2.35. The van der Waals surface area contributed by atoms with Gasteiger partial charge in [0, 0.05) is 12.8 Å². The van der Waals surface area contributed by atoms with Crippen molar-refractivity contribution in [2.75, 3.05) is 13.7 Å². The van der Waals surface area contributed by atoms with Crippen LogP contribution in [0.4, 0.5) is 0 Å². The van der Waals surface area contributed by atoms with E-state index in [-0.39, 0.29) is 5.97 Å². The van der Waals surface area contributed by atoms with Gasteiger partial charge in [-0.1, -0.05) is 4.85 Å². The van der Waals surface area contributed by atoms with Gasteiger partial charge in [-0.05, 0) is 12.8 Å². The lowest BCUT2D eigenvalue weighted by Gasteiger charge is -1.95. The summed E-state index contributed by atoms with van der Waals surface area (Å²) >= 11 is 1.97. The Morgan fingerprint density at radius 1 is 1.50 bits per heavy atom. The number of esters is 1. The topological polar surface area (TPSA) is 30.7 Å². The Hall–Kier alpha value is -0.310. The number of ether oxygens (including phenoxy) is 1. The summed E-state index contributed by atoms with van der Waals surface area (Å²) in [5, 5.41) is 0. The predicted molar refractivity (Wildman–Crippen MR) is 56.6 cm³/mol. The molecule has 0 aromatic rings. The third-order valence-electron chi connectivity index (χ3n) is 1.44. The summed E-state index contributed by atoms with van der Waals surface area (Å²) in [6, 6.07) is 0. The third kappa shape index (κ3) is 7.79. The standard InChI is InChI=1S/C8H13INO2/c1-12-8(11)5-3-2-4-6-10-7-9/h2-6H2,1H3/q+1. The van der Waals surface area contributed by atoms with E-state index in [1.54, 1.807) is 0 Å². The van der Waals surface area contributed by atoms with Crippen LogP contribution in [0.3, 0.4) is 0 Å². The summed E-state index contributed by atoms with van der Waals surface area (Å²) in [5.74, 6) is -0.126. The van der Waals surface area contributed by atoms with Crippen molar-refractivity contribution in [3.8, 4) is 4.08 Å². The zero-order valence-electron chi connectivity index (χ0n) is 7.18. The third-order valence-corrected chi connectivity index (χ3v) is 1.78. The monoisotopic (exact) mass is 282 g/mol. The Morgan fingerprint density at radius 2 is 2.25 bits per heavy atom. The van der Waals surface area contributed by atoms with Gasteiger partial charge in [0.2, 0.25) is 0 Å². The molecule has 0 unspecified atom stereocenters. The van der Waals surface area contributed by atoms with Gasteiger partial charge >= 0.3 is 10.0 Å². The minimum absolute atomic E-state index is 0.126. The first-order valence-electron chi connectivity index (χ1n) is 3.90. The number of rotatable bonds is 5. The van der Waals surface area contributed by atoms with Crippen molar-refractivity contribution in [1.29, 1.82) is 0 Å². The lowest BCUT2D eigenvalue weighted by molar-refractivity contribution is -0.140. The molecule has 0 spiro atoms. The molecular formula is C8H13INO2+. The first-order chi connectivity index (χ1) is 5.81. The van der Waals surface area contributed by atoms with E-state index in [1.165, 1.54) is 7.11 Å². The van der Waals surface area contributed by atoms with Gasteiger partial charge in [0.15, 0.2) is 0 Å². The van der Waals surface area contributed by atoms with Gasteiger partial charge < -0.3 is 4.74 Å².